The first-order valence-electron chi connectivity index (χ1n) is 7.27. The molecule has 0 saturated carbocycles. The van der Waals surface area contributed by atoms with E-state index in [0.29, 0.717) is 12.5 Å². The zero-order valence-electron chi connectivity index (χ0n) is 11.8. The third-order valence-corrected chi connectivity index (χ3v) is 4.28. The number of nitrogens with one attached hydrogen (secondary N) is 1. The van der Waals surface area contributed by atoms with Crippen LogP contribution in [0.15, 0.2) is 0 Å². The molecule has 0 aromatic rings. The zero-order valence-corrected chi connectivity index (χ0v) is 11.8. The molecule has 4 nitrogen and oxygen atoms in total. The van der Waals surface area contributed by atoms with E-state index >= 15 is 0 Å². The molecule has 4 unspecified atom stereocenters. The van der Waals surface area contributed by atoms with Crippen molar-refractivity contribution in [2.75, 3.05) is 19.7 Å². The normalized spacial score (nSPS) is 37.6. The van der Waals surface area contributed by atoms with Crippen LogP contribution < -0.4 is 5.32 Å². The van der Waals surface area contributed by atoms with Gasteiger partial charge in [-0.3, -0.25) is 4.79 Å². The molecule has 18 heavy (non-hydrogen) atoms. The number of piperidine rings is 1. The maximum atomic E-state index is 12.6. The molecule has 104 valence electrons. The Balaban J connectivity index is 1.96. The summed E-state index contributed by atoms with van der Waals surface area (Å²) in [5.74, 6) is 0.977. The summed E-state index contributed by atoms with van der Waals surface area (Å²) in [7, 11) is 0. The van der Waals surface area contributed by atoms with E-state index in [4.69, 9.17) is 4.74 Å². The van der Waals surface area contributed by atoms with Gasteiger partial charge in [0.1, 0.15) is 0 Å². The Labute approximate surface area is 110 Å². The molecule has 4 heteroatoms. The fraction of sp³-hybridized carbons (Fsp3) is 0.929. The van der Waals surface area contributed by atoms with Gasteiger partial charge in [0.25, 0.3) is 0 Å². The molecule has 0 spiro atoms. The second-order valence-corrected chi connectivity index (χ2v) is 5.79. The first-order chi connectivity index (χ1) is 8.61. The van der Waals surface area contributed by atoms with E-state index in [1.807, 2.05) is 11.8 Å². The molecule has 2 saturated heterocycles. The van der Waals surface area contributed by atoms with Crippen LogP contribution in [0.2, 0.25) is 0 Å². The maximum Gasteiger partial charge on any atom is 0.240 e. The smallest absolute Gasteiger partial charge is 0.240 e. The van der Waals surface area contributed by atoms with E-state index < -0.39 is 0 Å². The summed E-state index contributed by atoms with van der Waals surface area (Å²) in [6.07, 6.45) is 3.54. The largest absolute Gasteiger partial charge is 0.375 e. The van der Waals surface area contributed by atoms with Gasteiger partial charge in [-0.15, -0.1) is 0 Å². The summed E-state index contributed by atoms with van der Waals surface area (Å²) in [4.78, 5) is 14.6. The topological polar surface area (TPSA) is 41.6 Å². The standard InChI is InChI=1S/C14H26N2O2/c1-4-12-5-6-15-13(7-12)14(17)16-8-11(3)18-9-10(16)2/h10-13,15H,4-9H2,1-3H3. The lowest BCUT2D eigenvalue weighted by Crippen LogP contribution is -2.57. The molecule has 1 N–H and O–H groups in total. The van der Waals surface area contributed by atoms with Crippen LogP contribution in [0.3, 0.4) is 0 Å². The number of ether oxygens (including phenoxy) is 1. The second-order valence-electron chi connectivity index (χ2n) is 5.79. The minimum Gasteiger partial charge on any atom is -0.375 e. The summed E-state index contributed by atoms with van der Waals surface area (Å²) in [6, 6.07) is 0.231. The van der Waals surface area contributed by atoms with Gasteiger partial charge in [-0.25, -0.2) is 0 Å². The van der Waals surface area contributed by atoms with Crippen LogP contribution in [-0.2, 0) is 9.53 Å². The molecular formula is C14H26N2O2. The Hall–Kier alpha value is -0.610. The molecule has 0 aliphatic carbocycles. The van der Waals surface area contributed by atoms with Crippen molar-refractivity contribution in [3.63, 3.8) is 0 Å². The van der Waals surface area contributed by atoms with Gasteiger partial charge in [0, 0.05) is 6.54 Å². The molecule has 1 amide bonds. The van der Waals surface area contributed by atoms with Gasteiger partial charge in [-0.2, -0.15) is 0 Å². The highest BCUT2D eigenvalue weighted by atomic mass is 16.5. The molecule has 2 rings (SSSR count). The minimum absolute atomic E-state index is 0.0245. The van der Waals surface area contributed by atoms with E-state index in [2.05, 4.69) is 19.2 Å². The number of nitrogens with zero attached hydrogens (tertiary/aromatic N) is 1. The third-order valence-electron chi connectivity index (χ3n) is 4.28. The van der Waals surface area contributed by atoms with E-state index in [9.17, 15) is 4.79 Å². The van der Waals surface area contributed by atoms with Crippen molar-refractivity contribution < 1.29 is 9.53 Å². The average Bonchev–Trinajstić information content (AvgIpc) is 2.41. The first kappa shape index (κ1) is 13.8. The van der Waals surface area contributed by atoms with Gasteiger partial charge in [0.2, 0.25) is 5.91 Å². The fourth-order valence-electron chi connectivity index (χ4n) is 2.97. The van der Waals surface area contributed by atoms with Gasteiger partial charge in [0.05, 0.1) is 24.8 Å². The van der Waals surface area contributed by atoms with Gasteiger partial charge >= 0.3 is 0 Å². The summed E-state index contributed by atoms with van der Waals surface area (Å²) in [5, 5.41) is 3.38. The first-order valence-corrected chi connectivity index (χ1v) is 7.27. The van der Waals surface area contributed by atoms with Crippen molar-refractivity contribution >= 4 is 5.91 Å². The molecule has 2 fully saturated rings. The lowest BCUT2D eigenvalue weighted by molar-refractivity contribution is -0.146. The Kier molecular flexibility index (Phi) is 4.62. The molecule has 0 radical (unpaired) electrons. The molecule has 2 aliphatic rings. The number of carbonyl (C=O) groups excluding carboxylic acids is 1. The predicted molar refractivity (Wildman–Crippen MR) is 71.4 cm³/mol. The van der Waals surface area contributed by atoms with Crippen molar-refractivity contribution in [2.24, 2.45) is 5.92 Å². The highest BCUT2D eigenvalue weighted by Gasteiger charge is 2.34. The predicted octanol–water partition coefficient (Wildman–Crippen LogP) is 1.40. The van der Waals surface area contributed by atoms with Crippen LogP contribution in [0.25, 0.3) is 0 Å². The van der Waals surface area contributed by atoms with Crippen LogP contribution in [0.4, 0.5) is 0 Å². The van der Waals surface area contributed by atoms with Crippen LogP contribution in [0.5, 0.6) is 0 Å². The number of hydrogen-bond acceptors (Lipinski definition) is 3. The quantitative estimate of drug-likeness (QED) is 0.810. The van der Waals surface area contributed by atoms with Crippen LogP contribution in [-0.4, -0.2) is 48.7 Å². The minimum atomic E-state index is 0.0245. The van der Waals surface area contributed by atoms with Gasteiger partial charge in [-0.1, -0.05) is 13.3 Å². The molecule has 2 aliphatic heterocycles. The monoisotopic (exact) mass is 254 g/mol. The maximum absolute atomic E-state index is 12.6. The van der Waals surface area contributed by atoms with Crippen molar-refractivity contribution in [3.05, 3.63) is 0 Å². The Morgan fingerprint density at radius 3 is 2.94 bits per heavy atom. The zero-order chi connectivity index (χ0) is 13.1. The SMILES string of the molecule is CCC1CCNC(C(=O)N2CC(C)OCC2C)C1. The Morgan fingerprint density at radius 2 is 2.22 bits per heavy atom. The molecule has 0 bridgehead atoms. The summed E-state index contributed by atoms with van der Waals surface area (Å²) in [6.45, 7) is 8.70. The number of rotatable bonds is 2. The average molecular weight is 254 g/mol. The molecule has 0 aromatic carbocycles. The summed E-state index contributed by atoms with van der Waals surface area (Å²) >= 11 is 0. The lowest BCUT2D eigenvalue weighted by Gasteiger charge is -2.40. The van der Waals surface area contributed by atoms with Crippen LogP contribution >= 0.6 is 0 Å². The van der Waals surface area contributed by atoms with Crippen molar-refractivity contribution in [1.29, 1.82) is 0 Å². The molecule has 0 aromatic heterocycles. The van der Waals surface area contributed by atoms with E-state index in [-0.39, 0.29) is 24.1 Å². The van der Waals surface area contributed by atoms with Crippen molar-refractivity contribution in [3.8, 4) is 0 Å². The molecule has 2 heterocycles. The number of amides is 1. The number of morpholine rings is 1. The van der Waals surface area contributed by atoms with Crippen LogP contribution in [0.1, 0.15) is 40.0 Å². The van der Waals surface area contributed by atoms with E-state index in [0.717, 1.165) is 19.5 Å². The van der Waals surface area contributed by atoms with Gasteiger partial charge in [-0.05, 0) is 39.2 Å². The highest BCUT2D eigenvalue weighted by molar-refractivity contribution is 5.82. The fourth-order valence-corrected chi connectivity index (χ4v) is 2.97. The Morgan fingerprint density at radius 1 is 1.44 bits per heavy atom. The van der Waals surface area contributed by atoms with Gasteiger partial charge in [0.15, 0.2) is 0 Å². The third kappa shape index (κ3) is 3.04. The van der Waals surface area contributed by atoms with Gasteiger partial charge < -0.3 is 15.0 Å². The van der Waals surface area contributed by atoms with Crippen LogP contribution in [0, 0.1) is 5.92 Å². The number of hydrogen-bond donors (Lipinski definition) is 1. The van der Waals surface area contributed by atoms with Crippen molar-refractivity contribution in [2.45, 2.75) is 58.2 Å². The summed E-state index contributed by atoms with van der Waals surface area (Å²) in [5.41, 5.74) is 0. The molecule has 4 atom stereocenters. The van der Waals surface area contributed by atoms with E-state index in [1.165, 1.54) is 12.8 Å². The lowest BCUT2D eigenvalue weighted by atomic mass is 9.89. The highest BCUT2D eigenvalue weighted by Crippen LogP contribution is 2.22. The number of carbonyl (C=O) groups is 1. The van der Waals surface area contributed by atoms with E-state index in [1.54, 1.807) is 0 Å². The molecular weight excluding hydrogens is 228 g/mol. The van der Waals surface area contributed by atoms with Crippen molar-refractivity contribution in [1.82, 2.24) is 10.2 Å². The summed E-state index contributed by atoms with van der Waals surface area (Å²) < 4.78 is 5.59. The Bertz CT molecular complexity index is 296. The second kappa shape index (κ2) is 6.02.